The Hall–Kier alpha value is -0.850. The van der Waals surface area contributed by atoms with E-state index in [9.17, 15) is 4.79 Å². The average molecular weight is 390 g/mol. The number of hydrogen-bond acceptors (Lipinski definition) is 3. The summed E-state index contributed by atoms with van der Waals surface area (Å²) in [6.45, 7) is 1.95. The molecule has 3 nitrogen and oxygen atoms in total. The van der Waals surface area contributed by atoms with Gasteiger partial charge in [-0.05, 0) is 68.6 Å². The molecule has 6 heteroatoms. The Morgan fingerprint density at radius 2 is 2.06 bits per heavy atom. The molecule has 1 amide bonds. The summed E-state index contributed by atoms with van der Waals surface area (Å²) in [6.07, 6.45) is 0. The summed E-state index contributed by atoms with van der Waals surface area (Å²) in [4.78, 5) is 12.7. The number of aryl methyl sites for hydroxylation is 1. The van der Waals surface area contributed by atoms with Crippen LogP contribution in [0.15, 0.2) is 32.5 Å². The number of thiophene rings is 1. The molecular weight excluding hydrogens is 380 g/mol. The highest BCUT2D eigenvalue weighted by Crippen LogP contribution is 2.29. The highest BCUT2D eigenvalue weighted by molar-refractivity contribution is 9.11. The summed E-state index contributed by atoms with van der Waals surface area (Å²) < 4.78 is 1.77. The van der Waals surface area contributed by atoms with E-state index in [1.165, 1.54) is 11.3 Å². The number of nitrogens with one attached hydrogen (secondary N) is 1. The normalized spacial score (nSPS) is 10.4. The maximum absolute atomic E-state index is 12.1. The van der Waals surface area contributed by atoms with E-state index < -0.39 is 0 Å². The Labute approximate surface area is 126 Å². The van der Waals surface area contributed by atoms with Crippen LogP contribution in [-0.4, -0.2) is 5.91 Å². The number of nitrogens with two attached hydrogens (primary N) is 1. The molecule has 0 atom stereocenters. The molecule has 94 valence electrons. The topological polar surface area (TPSA) is 55.1 Å². The van der Waals surface area contributed by atoms with E-state index in [4.69, 9.17) is 5.73 Å². The van der Waals surface area contributed by atoms with Crippen molar-refractivity contribution in [1.29, 1.82) is 0 Å². The zero-order chi connectivity index (χ0) is 13.3. The monoisotopic (exact) mass is 388 g/mol. The van der Waals surface area contributed by atoms with Gasteiger partial charge in [0.25, 0.3) is 5.91 Å². The van der Waals surface area contributed by atoms with Gasteiger partial charge < -0.3 is 11.1 Å². The summed E-state index contributed by atoms with van der Waals surface area (Å²) >= 11 is 8.19. The van der Waals surface area contributed by atoms with Crippen LogP contribution in [0.25, 0.3) is 0 Å². The maximum Gasteiger partial charge on any atom is 0.265 e. The van der Waals surface area contributed by atoms with Gasteiger partial charge in [0.2, 0.25) is 0 Å². The fraction of sp³-hybridized carbons (Fsp3) is 0.0833. The molecule has 1 aromatic carbocycles. The fourth-order valence-corrected chi connectivity index (χ4v) is 3.17. The van der Waals surface area contributed by atoms with Gasteiger partial charge in [-0.15, -0.1) is 11.3 Å². The van der Waals surface area contributed by atoms with Gasteiger partial charge in [0.1, 0.15) is 0 Å². The summed E-state index contributed by atoms with van der Waals surface area (Å²) in [7, 11) is 0. The number of benzene rings is 1. The minimum absolute atomic E-state index is 0.139. The van der Waals surface area contributed by atoms with Crippen molar-refractivity contribution < 1.29 is 4.79 Å². The molecule has 1 heterocycles. The standard InChI is InChI=1S/C12H10Br2N2OS/c1-6-4-10(18-11(6)14)12(17)16-9-5-7(15)2-3-8(9)13/h2-5H,15H2,1H3,(H,16,17). The Morgan fingerprint density at radius 3 is 2.67 bits per heavy atom. The number of anilines is 2. The van der Waals surface area contributed by atoms with Crippen molar-refractivity contribution in [3.63, 3.8) is 0 Å². The third-order valence-electron chi connectivity index (χ3n) is 2.32. The number of halogens is 2. The summed E-state index contributed by atoms with van der Waals surface area (Å²) in [5.41, 5.74) is 8.02. The van der Waals surface area contributed by atoms with E-state index in [0.29, 0.717) is 16.3 Å². The molecule has 0 aliphatic rings. The highest BCUT2D eigenvalue weighted by Gasteiger charge is 2.12. The number of carbonyl (C=O) groups excluding carboxylic acids is 1. The number of rotatable bonds is 2. The molecule has 3 N–H and O–H groups in total. The number of amides is 1. The molecule has 0 saturated heterocycles. The van der Waals surface area contributed by atoms with Crippen molar-refractivity contribution in [2.24, 2.45) is 0 Å². The Bertz CT molecular complexity index is 591. The first-order valence-electron chi connectivity index (χ1n) is 5.09. The molecule has 0 aliphatic heterocycles. The molecule has 2 aromatic rings. The minimum atomic E-state index is -0.139. The first-order valence-corrected chi connectivity index (χ1v) is 7.50. The van der Waals surface area contributed by atoms with E-state index in [0.717, 1.165) is 13.8 Å². The van der Waals surface area contributed by atoms with Crippen LogP contribution >= 0.6 is 43.2 Å². The van der Waals surface area contributed by atoms with Crippen LogP contribution in [0, 0.1) is 6.92 Å². The second kappa shape index (κ2) is 5.42. The smallest absolute Gasteiger partial charge is 0.265 e. The average Bonchev–Trinajstić information content (AvgIpc) is 2.64. The number of carbonyl (C=O) groups is 1. The van der Waals surface area contributed by atoms with Crippen molar-refractivity contribution in [3.8, 4) is 0 Å². The Kier molecular flexibility index (Phi) is 4.09. The summed E-state index contributed by atoms with van der Waals surface area (Å²) in [6, 6.07) is 7.15. The quantitative estimate of drug-likeness (QED) is 0.747. The van der Waals surface area contributed by atoms with Gasteiger partial charge in [0, 0.05) is 10.2 Å². The van der Waals surface area contributed by atoms with Gasteiger partial charge in [0.15, 0.2) is 0 Å². The van der Waals surface area contributed by atoms with Crippen LogP contribution in [-0.2, 0) is 0 Å². The maximum atomic E-state index is 12.1. The van der Waals surface area contributed by atoms with Gasteiger partial charge in [-0.1, -0.05) is 0 Å². The Balaban J connectivity index is 2.23. The lowest BCUT2D eigenvalue weighted by Crippen LogP contribution is -2.10. The molecule has 2 rings (SSSR count). The molecule has 0 bridgehead atoms. The minimum Gasteiger partial charge on any atom is -0.399 e. The zero-order valence-corrected chi connectivity index (χ0v) is 13.4. The fourth-order valence-electron chi connectivity index (χ4n) is 1.39. The third-order valence-corrected chi connectivity index (χ3v) is 5.15. The van der Waals surface area contributed by atoms with Crippen LogP contribution < -0.4 is 11.1 Å². The number of hydrogen-bond donors (Lipinski definition) is 2. The molecule has 18 heavy (non-hydrogen) atoms. The largest absolute Gasteiger partial charge is 0.399 e. The second-order valence-electron chi connectivity index (χ2n) is 3.76. The van der Waals surface area contributed by atoms with Gasteiger partial charge in [-0.3, -0.25) is 4.79 Å². The van der Waals surface area contributed by atoms with E-state index in [1.807, 2.05) is 13.0 Å². The van der Waals surface area contributed by atoms with Crippen LogP contribution in [0.4, 0.5) is 11.4 Å². The lowest BCUT2D eigenvalue weighted by atomic mass is 10.2. The lowest BCUT2D eigenvalue weighted by Gasteiger charge is -2.06. The molecule has 0 spiro atoms. The van der Waals surface area contributed by atoms with Crippen molar-refractivity contribution >= 4 is 60.5 Å². The predicted octanol–water partition coefficient (Wildman–Crippen LogP) is 4.42. The molecule has 0 radical (unpaired) electrons. The molecule has 1 aromatic heterocycles. The van der Waals surface area contributed by atoms with Gasteiger partial charge in [-0.2, -0.15) is 0 Å². The SMILES string of the molecule is Cc1cc(C(=O)Nc2cc(N)ccc2Br)sc1Br. The number of nitrogen functional groups attached to an aromatic ring is 1. The molecular formula is C12H10Br2N2OS. The van der Waals surface area contributed by atoms with Crippen molar-refractivity contribution in [3.05, 3.63) is 43.0 Å². The second-order valence-corrected chi connectivity index (χ2v) is 6.99. The van der Waals surface area contributed by atoms with Crippen LogP contribution in [0.2, 0.25) is 0 Å². The molecule has 0 aliphatic carbocycles. The Morgan fingerprint density at radius 1 is 1.33 bits per heavy atom. The molecule has 0 saturated carbocycles. The van der Waals surface area contributed by atoms with Crippen LogP contribution in [0.5, 0.6) is 0 Å². The third kappa shape index (κ3) is 2.93. The first kappa shape index (κ1) is 13.6. The predicted molar refractivity (Wildman–Crippen MR) is 83.3 cm³/mol. The van der Waals surface area contributed by atoms with Gasteiger partial charge in [0.05, 0.1) is 14.4 Å². The van der Waals surface area contributed by atoms with Crippen molar-refractivity contribution in [2.45, 2.75) is 6.92 Å². The summed E-state index contributed by atoms with van der Waals surface area (Å²) in [5.74, 6) is -0.139. The zero-order valence-electron chi connectivity index (χ0n) is 9.46. The van der Waals surface area contributed by atoms with Crippen molar-refractivity contribution in [1.82, 2.24) is 0 Å². The van der Waals surface area contributed by atoms with Gasteiger partial charge in [-0.25, -0.2) is 0 Å². The lowest BCUT2D eigenvalue weighted by molar-refractivity contribution is 0.103. The van der Waals surface area contributed by atoms with E-state index >= 15 is 0 Å². The van der Waals surface area contributed by atoms with Crippen LogP contribution in [0.3, 0.4) is 0 Å². The van der Waals surface area contributed by atoms with Crippen molar-refractivity contribution in [2.75, 3.05) is 11.1 Å². The molecule has 0 fully saturated rings. The highest BCUT2D eigenvalue weighted by atomic mass is 79.9. The first-order chi connectivity index (χ1) is 8.47. The summed E-state index contributed by atoms with van der Waals surface area (Å²) in [5, 5.41) is 2.83. The van der Waals surface area contributed by atoms with Crippen LogP contribution in [0.1, 0.15) is 15.2 Å². The molecule has 0 unspecified atom stereocenters. The van der Waals surface area contributed by atoms with Gasteiger partial charge >= 0.3 is 0 Å². The van der Waals surface area contributed by atoms with E-state index in [2.05, 4.69) is 37.2 Å². The van der Waals surface area contributed by atoms with E-state index in [-0.39, 0.29) is 5.91 Å². The van der Waals surface area contributed by atoms with E-state index in [1.54, 1.807) is 18.2 Å².